The number of amides is 2. The molecule has 2 aromatic carbocycles. The molecule has 1 aliphatic heterocycles. The lowest BCUT2D eigenvalue weighted by atomic mass is 9.95. The molecular weight excluding hydrogens is 472 g/mol. The second-order valence-corrected chi connectivity index (χ2v) is 8.33. The van der Waals surface area contributed by atoms with Crippen LogP contribution in [0.5, 0.6) is 0 Å². The van der Waals surface area contributed by atoms with Crippen LogP contribution in [-0.2, 0) is 4.79 Å². The van der Waals surface area contributed by atoms with Crippen LogP contribution in [-0.4, -0.2) is 40.0 Å². The number of nitrogens with zero attached hydrogens (tertiary/aromatic N) is 3. The average Bonchev–Trinajstić information content (AvgIpc) is 3.23. The van der Waals surface area contributed by atoms with Crippen molar-refractivity contribution in [2.24, 2.45) is 5.92 Å². The highest BCUT2D eigenvalue weighted by Crippen LogP contribution is 2.24. The van der Waals surface area contributed by atoms with Gasteiger partial charge < -0.3 is 9.32 Å². The fraction of sp³-hybridized carbons (Fsp3) is 0.238. The summed E-state index contributed by atoms with van der Waals surface area (Å²) in [4.78, 5) is 27.0. The molecule has 1 saturated heterocycles. The topological polar surface area (TPSA) is 88.3 Å². The molecule has 3 aromatic rings. The third-order valence-electron chi connectivity index (χ3n) is 4.99. The molecule has 0 atom stereocenters. The minimum absolute atomic E-state index is 0.0223. The number of benzene rings is 2. The fourth-order valence-corrected chi connectivity index (χ4v) is 3.70. The molecule has 0 unspecified atom stereocenters. The maximum Gasteiger partial charge on any atom is 0.322 e. The molecule has 0 bridgehead atoms. The molecule has 0 radical (unpaired) electrons. The van der Waals surface area contributed by atoms with Gasteiger partial charge in [-0.3, -0.25) is 14.9 Å². The van der Waals surface area contributed by atoms with Crippen LogP contribution in [0.15, 0.2) is 57.4 Å². The Labute approximate surface area is 186 Å². The Morgan fingerprint density at radius 2 is 1.70 bits per heavy atom. The van der Waals surface area contributed by atoms with E-state index >= 15 is 0 Å². The smallest absolute Gasteiger partial charge is 0.322 e. The van der Waals surface area contributed by atoms with Gasteiger partial charge in [-0.2, -0.15) is 0 Å². The first-order valence-corrected chi connectivity index (χ1v) is 10.6. The molecule has 0 aliphatic carbocycles. The summed E-state index contributed by atoms with van der Waals surface area (Å²) < 4.78 is 6.46. The monoisotopic (exact) mass is 488 g/mol. The van der Waals surface area contributed by atoms with Crippen molar-refractivity contribution in [2.45, 2.75) is 12.8 Å². The quantitative estimate of drug-likeness (QED) is 0.577. The SMILES string of the molecule is O=C(Nc1nnc(-c2ccc(Cl)cc2)o1)C1CCN(C(=O)c2ccc(Br)cc2)CC1. The third kappa shape index (κ3) is 4.71. The van der Waals surface area contributed by atoms with E-state index in [0.717, 1.165) is 4.47 Å². The van der Waals surface area contributed by atoms with Crippen molar-refractivity contribution in [1.82, 2.24) is 15.1 Å². The van der Waals surface area contributed by atoms with Crippen LogP contribution in [0.4, 0.5) is 6.01 Å². The van der Waals surface area contributed by atoms with Gasteiger partial charge in [0.05, 0.1) is 0 Å². The van der Waals surface area contributed by atoms with E-state index in [4.69, 9.17) is 16.0 Å². The predicted octanol–water partition coefficient (Wildman–Crippen LogP) is 4.64. The van der Waals surface area contributed by atoms with E-state index in [-0.39, 0.29) is 23.7 Å². The molecule has 1 aliphatic rings. The highest BCUT2D eigenvalue weighted by Gasteiger charge is 2.28. The summed E-state index contributed by atoms with van der Waals surface area (Å²) >= 11 is 9.25. The first-order valence-electron chi connectivity index (χ1n) is 9.45. The summed E-state index contributed by atoms with van der Waals surface area (Å²) in [5, 5.41) is 11.1. The van der Waals surface area contributed by atoms with Crippen molar-refractivity contribution in [3.8, 4) is 11.5 Å². The number of rotatable bonds is 4. The minimum atomic E-state index is -0.218. The molecule has 2 amide bonds. The number of likely N-dealkylation sites (tertiary alicyclic amines) is 1. The summed E-state index contributed by atoms with van der Waals surface area (Å²) in [6.07, 6.45) is 1.15. The highest BCUT2D eigenvalue weighted by atomic mass is 79.9. The van der Waals surface area contributed by atoms with E-state index in [2.05, 4.69) is 31.4 Å². The zero-order valence-corrected chi connectivity index (χ0v) is 18.2. The van der Waals surface area contributed by atoms with Gasteiger partial charge in [0, 0.05) is 39.6 Å². The molecule has 7 nitrogen and oxygen atoms in total. The van der Waals surface area contributed by atoms with Gasteiger partial charge in [-0.15, -0.1) is 5.10 Å². The summed E-state index contributed by atoms with van der Waals surface area (Å²) in [5.41, 5.74) is 1.36. The number of aromatic nitrogens is 2. The Balaban J connectivity index is 1.32. The Kier molecular flexibility index (Phi) is 6.15. The van der Waals surface area contributed by atoms with Crippen molar-refractivity contribution in [1.29, 1.82) is 0 Å². The summed E-state index contributed by atoms with van der Waals surface area (Å²) in [7, 11) is 0. The summed E-state index contributed by atoms with van der Waals surface area (Å²) in [6, 6.07) is 14.3. The van der Waals surface area contributed by atoms with Crippen LogP contribution >= 0.6 is 27.5 Å². The second-order valence-electron chi connectivity index (χ2n) is 6.98. The summed E-state index contributed by atoms with van der Waals surface area (Å²) in [5.74, 6) is -0.121. The van der Waals surface area contributed by atoms with Crippen molar-refractivity contribution in [3.05, 3.63) is 63.6 Å². The number of hydrogen-bond acceptors (Lipinski definition) is 5. The molecule has 2 heterocycles. The number of anilines is 1. The maximum absolute atomic E-state index is 12.6. The van der Waals surface area contributed by atoms with Gasteiger partial charge in [0.2, 0.25) is 11.8 Å². The van der Waals surface area contributed by atoms with Gasteiger partial charge in [-0.05, 0) is 61.4 Å². The van der Waals surface area contributed by atoms with E-state index in [0.29, 0.717) is 48.0 Å². The number of halogens is 2. The number of carbonyl (C=O) groups is 2. The van der Waals surface area contributed by atoms with Gasteiger partial charge in [0.15, 0.2) is 0 Å². The molecule has 4 rings (SSSR count). The predicted molar refractivity (Wildman–Crippen MR) is 116 cm³/mol. The van der Waals surface area contributed by atoms with Crippen LogP contribution in [0.3, 0.4) is 0 Å². The van der Waals surface area contributed by atoms with Crippen LogP contribution < -0.4 is 5.32 Å². The molecule has 0 saturated carbocycles. The van der Waals surface area contributed by atoms with Crippen LogP contribution in [0.1, 0.15) is 23.2 Å². The number of piperidine rings is 1. The highest BCUT2D eigenvalue weighted by molar-refractivity contribution is 9.10. The lowest BCUT2D eigenvalue weighted by Gasteiger charge is -2.31. The summed E-state index contributed by atoms with van der Waals surface area (Å²) in [6.45, 7) is 1.04. The number of carbonyl (C=O) groups excluding carboxylic acids is 2. The van der Waals surface area contributed by atoms with Gasteiger partial charge >= 0.3 is 6.01 Å². The minimum Gasteiger partial charge on any atom is -0.403 e. The number of hydrogen-bond donors (Lipinski definition) is 1. The largest absolute Gasteiger partial charge is 0.403 e. The number of nitrogens with one attached hydrogen (secondary N) is 1. The van der Waals surface area contributed by atoms with E-state index in [9.17, 15) is 9.59 Å². The van der Waals surface area contributed by atoms with Crippen LogP contribution in [0.25, 0.3) is 11.5 Å². The standard InChI is InChI=1S/C21H18BrClN4O3/c22-16-5-1-15(2-6-16)20(29)27-11-9-13(10-12-27)18(28)24-21-26-25-19(30-21)14-3-7-17(23)8-4-14/h1-8,13H,9-12H2,(H,24,26,28). The zero-order chi connectivity index (χ0) is 21.1. The molecule has 1 aromatic heterocycles. The van der Waals surface area contributed by atoms with Gasteiger partial charge in [-0.1, -0.05) is 32.6 Å². The van der Waals surface area contributed by atoms with Gasteiger partial charge in [0.1, 0.15) is 0 Å². The molecule has 1 N–H and O–H groups in total. The third-order valence-corrected chi connectivity index (χ3v) is 5.77. The molecular formula is C21H18BrClN4O3. The first kappa shape index (κ1) is 20.6. The van der Waals surface area contributed by atoms with E-state index in [1.54, 1.807) is 41.3 Å². The molecule has 9 heteroatoms. The fourth-order valence-electron chi connectivity index (χ4n) is 3.31. The lowest BCUT2D eigenvalue weighted by molar-refractivity contribution is -0.121. The van der Waals surface area contributed by atoms with Crippen molar-refractivity contribution < 1.29 is 14.0 Å². The average molecular weight is 490 g/mol. The van der Waals surface area contributed by atoms with Gasteiger partial charge in [-0.25, -0.2) is 0 Å². The lowest BCUT2D eigenvalue weighted by Crippen LogP contribution is -2.41. The normalized spacial score (nSPS) is 14.5. The molecule has 0 spiro atoms. The van der Waals surface area contributed by atoms with Crippen molar-refractivity contribution in [2.75, 3.05) is 18.4 Å². The van der Waals surface area contributed by atoms with Crippen molar-refractivity contribution >= 4 is 45.4 Å². The Hall–Kier alpha value is -2.71. The van der Waals surface area contributed by atoms with E-state index in [1.807, 2.05) is 12.1 Å². The van der Waals surface area contributed by atoms with Crippen molar-refractivity contribution in [3.63, 3.8) is 0 Å². The molecule has 154 valence electrons. The maximum atomic E-state index is 12.6. The van der Waals surface area contributed by atoms with Gasteiger partial charge in [0.25, 0.3) is 5.91 Å². The van der Waals surface area contributed by atoms with Crippen LogP contribution in [0, 0.1) is 5.92 Å². The van der Waals surface area contributed by atoms with E-state index in [1.165, 1.54) is 0 Å². The Morgan fingerprint density at radius 1 is 1.03 bits per heavy atom. The van der Waals surface area contributed by atoms with Crippen LogP contribution in [0.2, 0.25) is 5.02 Å². The van der Waals surface area contributed by atoms with E-state index < -0.39 is 0 Å². The molecule has 30 heavy (non-hydrogen) atoms. The first-order chi connectivity index (χ1) is 14.5. The zero-order valence-electron chi connectivity index (χ0n) is 15.8. The second kappa shape index (κ2) is 8.97. The Bertz CT molecular complexity index is 1040. The Morgan fingerprint density at radius 3 is 2.37 bits per heavy atom. The molecule has 1 fully saturated rings.